The predicted molar refractivity (Wildman–Crippen MR) is 60.8 cm³/mol. The van der Waals surface area contributed by atoms with Gasteiger partial charge >= 0.3 is 0 Å². The van der Waals surface area contributed by atoms with E-state index >= 15 is 0 Å². The molecule has 0 N–H and O–H groups in total. The van der Waals surface area contributed by atoms with E-state index in [1.54, 1.807) is 0 Å². The Morgan fingerprint density at radius 3 is 2.50 bits per heavy atom. The van der Waals surface area contributed by atoms with Gasteiger partial charge in [-0.25, -0.2) is 0 Å². The molecule has 0 aliphatic heterocycles. The van der Waals surface area contributed by atoms with E-state index in [0.29, 0.717) is 17.6 Å². The van der Waals surface area contributed by atoms with Gasteiger partial charge in [0.25, 0.3) is 0 Å². The molecule has 0 bridgehead atoms. The maximum Gasteiger partial charge on any atom is 0.187 e. The molecule has 0 aromatic heterocycles. The minimum Gasteiger partial charge on any atom is -0.290 e. The van der Waals surface area contributed by atoms with Gasteiger partial charge in [0.2, 0.25) is 0 Å². The largest absolute Gasteiger partial charge is 0.290 e. The average Bonchev–Trinajstić information content (AvgIpc) is 2.33. The molecule has 3 rings (SSSR count). The van der Waals surface area contributed by atoms with Gasteiger partial charge in [-0.05, 0) is 36.1 Å². The third-order valence-corrected chi connectivity index (χ3v) is 3.16. The Bertz CT molecular complexity index is 562. The van der Waals surface area contributed by atoms with Gasteiger partial charge in [0.1, 0.15) is 0 Å². The highest BCUT2D eigenvalue weighted by atomic mass is 16.1. The summed E-state index contributed by atoms with van der Waals surface area (Å²) in [6.07, 6.45) is 4.29. The molecule has 0 saturated carbocycles. The Balaban J connectivity index is 2.27. The number of carbonyl (C=O) groups is 2. The number of aryl methyl sites for hydroxylation is 1. The average molecular weight is 210 g/mol. The van der Waals surface area contributed by atoms with Crippen molar-refractivity contribution in [2.45, 2.75) is 12.8 Å². The summed E-state index contributed by atoms with van der Waals surface area (Å²) in [5.74, 6) is -0.0501. The van der Waals surface area contributed by atoms with Crippen LogP contribution in [0.1, 0.15) is 17.5 Å². The molecule has 2 aliphatic carbocycles. The summed E-state index contributed by atoms with van der Waals surface area (Å²) in [6, 6.07) is 7.82. The van der Waals surface area contributed by atoms with E-state index in [2.05, 4.69) is 0 Å². The zero-order valence-electron chi connectivity index (χ0n) is 8.69. The number of hydrogen-bond acceptors (Lipinski definition) is 2. The monoisotopic (exact) mass is 210 g/mol. The zero-order chi connectivity index (χ0) is 11.1. The smallest absolute Gasteiger partial charge is 0.187 e. The number of ketones is 2. The van der Waals surface area contributed by atoms with Crippen LogP contribution in [-0.4, -0.2) is 11.6 Å². The van der Waals surface area contributed by atoms with Gasteiger partial charge in [0.15, 0.2) is 11.6 Å². The van der Waals surface area contributed by atoms with E-state index in [4.69, 9.17) is 0 Å². The molecule has 0 saturated heterocycles. The highest BCUT2D eigenvalue weighted by molar-refractivity contribution is 6.36. The Morgan fingerprint density at radius 1 is 0.875 bits per heavy atom. The SMILES string of the molecule is O=C1C=CC(=O)C2=C1CCc1ccccc12. The van der Waals surface area contributed by atoms with Crippen LogP contribution in [0.25, 0.3) is 5.57 Å². The van der Waals surface area contributed by atoms with E-state index in [0.717, 1.165) is 17.5 Å². The number of rotatable bonds is 0. The fraction of sp³-hybridized carbons (Fsp3) is 0.143. The summed E-state index contributed by atoms with van der Waals surface area (Å²) in [5, 5.41) is 0. The number of fused-ring (bicyclic) bond motifs is 2. The molecule has 0 unspecified atom stereocenters. The van der Waals surface area contributed by atoms with E-state index in [1.165, 1.54) is 12.2 Å². The van der Waals surface area contributed by atoms with Gasteiger partial charge in [-0.3, -0.25) is 9.59 Å². The first-order valence-corrected chi connectivity index (χ1v) is 5.35. The molecule has 16 heavy (non-hydrogen) atoms. The molecule has 0 heterocycles. The molecule has 2 heteroatoms. The molecule has 0 atom stereocenters. The first kappa shape index (κ1) is 9.28. The molecule has 0 radical (unpaired) electrons. The lowest BCUT2D eigenvalue weighted by atomic mass is 9.80. The summed E-state index contributed by atoms with van der Waals surface area (Å²) in [7, 11) is 0. The van der Waals surface area contributed by atoms with Crippen LogP contribution in [0.2, 0.25) is 0 Å². The molecule has 2 nitrogen and oxygen atoms in total. The van der Waals surface area contributed by atoms with Gasteiger partial charge in [-0.1, -0.05) is 24.3 Å². The van der Waals surface area contributed by atoms with Crippen molar-refractivity contribution < 1.29 is 9.59 Å². The lowest BCUT2D eigenvalue weighted by molar-refractivity contribution is -0.114. The number of carbonyl (C=O) groups excluding carboxylic acids is 2. The van der Waals surface area contributed by atoms with Crippen molar-refractivity contribution >= 4 is 17.1 Å². The Hall–Kier alpha value is -1.96. The Kier molecular flexibility index (Phi) is 1.90. The van der Waals surface area contributed by atoms with Crippen LogP contribution in [0.4, 0.5) is 0 Å². The lowest BCUT2D eigenvalue weighted by Crippen LogP contribution is -2.18. The molecular weight excluding hydrogens is 200 g/mol. The molecular formula is C14H10O2. The van der Waals surface area contributed by atoms with Crippen molar-refractivity contribution in [2.75, 3.05) is 0 Å². The predicted octanol–water partition coefficient (Wildman–Crippen LogP) is 2.09. The normalized spacial score (nSPS) is 18.5. The molecule has 0 spiro atoms. The van der Waals surface area contributed by atoms with Crippen LogP contribution >= 0.6 is 0 Å². The first-order chi connectivity index (χ1) is 7.77. The Labute approximate surface area is 93.3 Å². The van der Waals surface area contributed by atoms with Crippen molar-refractivity contribution in [3.8, 4) is 0 Å². The fourth-order valence-corrected chi connectivity index (χ4v) is 2.39. The quantitative estimate of drug-likeness (QED) is 0.614. The van der Waals surface area contributed by atoms with Gasteiger partial charge in [0.05, 0.1) is 0 Å². The number of hydrogen-bond donors (Lipinski definition) is 0. The maximum absolute atomic E-state index is 11.8. The molecule has 0 fully saturated rings. The minimum absolute atomic E-state index is 0.0101. The fourth-order valence-electron chi connectivity index (χ4n) is 2.39. The van der Waals surface area contributed by atoms with E-state index in [1.807, 2.05) is 24.3 Å². The second kappa shape index (κ2) is 3.27. The summed E-state index contributed by atoms with van der Waals surface area (Å²) in [5.41, 5.74) is 3.41. The van der Waals surface area contributed by atoms with Gasteiger partial charge in [-0.2, -0.15) is 0 Å². The standard InChI is InChI=1S/C14H10O2/c15-12-7-8-13(16)14-10-4-2-1-3-9(10)5-6-11(12)14/h1-4,7-8H,5-6H2. The molecule has 0 amide bonds. The van der Waals surface area contributed by atoms with Crippen LogP contribution in [0.3, 0.4) is 0 Å². The van der Waals surface area contributed by atoms with Crippen molar-refractivity contribution in [1.82, 2.24) is 0 Å². The minimum atomic E-state index is -0.0400. The van der Waals surface area contributed by atoms with Crippen LogP contribution in [0, 0.1) is 0 Å². The van der Waals surface area contributed by atoms with Crippen LogP contribution in [0.5, 0.6) is 0 Å². The highest BCUT2D eigenvalue weighted by Crippen LogP contribution is 2.34. The van der Waals surface area contributed by atoms with Crippen LogP contribution in [0.15, 0.2) is 42.0 Å². The maximum atomic E-state index is 11.8. The zero-order valence-corrected chi connectivity index (χ0v) is 8.69. The van der Waals surface area contributed by atoms with Crippen molar-refractivity contribution in [2.24, 2.45) is 0 Å². The second-order valence-corrected chi connectivity index (χ2v) is 4.07. The van der Waals surface area contributed by atoms with Crippen LogP contribution < -0.4 is 0 Å². The second-order valence-electron chi connectivity index (χ2n) is 4.07. The summed E-state index contributed by atoms with van der Waals surface area (Å²) in [6.45, 7) is 0. The van der Waals surface area contributed by atoms with Crippen molar-refractivity contribution in [3.63, 3.8) is 0 Å². The van der Waals surface area contributed by atoms with Gasteiger partial charge < -0.3 is 0 Å². The number of benzene rings is 1. The molecule has 2 aliphatic rings. The van der Waals surface area contributed by atoms with E-state index < -0.39 is 0 Å². The summed E-state index contributed by atoms with van der Waals surface area (Å²) in [4.78, 5) is 23.5. The van der Waals surface area contributed by atoms with Gasteiger partial charge in [0, 0.05) is 11.1 Å². The third kappa shape index (κ3) is 1.20. The Morgan fingerprint density at radius 2 is 1.62 bits per heavy atom. The molecule has 1 aromatic carbocycles. The highest BCUT2D eigenvalue weighted by Gasteiger charge is 2.28. The lowest BCUT2D eigenvalue weighted by Gasteiger charge is -2.22. The summed E-state index contributed by atoms with van der Waals surface area (Å²) < 4.78 is 0. The summed E-state index contributed by atoms with van der Waals surface area (Å²) >= 11 is 0. The van der Waals surface area contributed by atoms with Crippen molar-refractivity contribution in [3.05, 3.63) is 53.1 Å². The molecule has 1 aromatic rings. The first-order valence-electron chi connectivity index (χ1n) is 5.35. The number of allylic oxidation sites excluding steroid dienone is 4. The van der Waals surface area contributed by atoms with Crippen molar-refractivity contribution in [1.29, 1.82) is 0 Å². The van der Waals surface area contributed by atoms with E-state index in [-0.39, 0.29) is 11.6 Å². The van der Waals surface area contributed by atoms with Crippen LogP contribution in [-0.2, 0) is 16.0 Å². The van der Waals surface area contributed by atoms with E-state index in [9.17, 15) is 9.59 Å². The molecule has 78 valence electrons. The third-order valence-electron chi connectivity index (χ3n) is 3.16. The van der Waals surface area contributed by atoms with Gasteiger partial charge in [-0.15, -0.1) is 0 Å². The topological polar surface area (TPSA) is 34.1 Å².